The van der Waals surface area contributed by atoms with Gasteiger partial charge < -0.3 is 14.6 Å². The van der Waals surface area contributed by atoms with E-state index in [2.05, 4.69) is 11.9 Å². The summed E-state index contributed by atoms with van der Waals surface area (Å²) in [4.78, 5) is 33.9. The molecule has 1 aliphatic rings. The molecule has 11 heteroatoms. The second-order valence-electron chi connectivity index (χ2n) is 11.0. The summed E-state index contributed by atoms with van der Waals surface area (Å²) < 4.78 is 48.0. The van der Waals surface area contributed by atoms with Crippen LogP contribution >= 0.6 is 0 Å². The van der Waals surface area contributed by atoms with Crippen LogP contribution in [0.5, 0.6) is 5.75 Å². The third kappa shape index (κ3) is 6.30. The van der Waals surface area contributed by atoms with Gasteiger partial charge in [-0.3, -0.25) is 9.59 Å². The molecular formula is C28H33FN4O5S. The van der Waals surface area contributed by atoms with Crippen molar-refractivity contribution in [3.05, 3.63) is 70.4 Å². The minimum Gasteiger partial charge on any atom is -0.493 e. The molecule has 0 unspecified atom stereocenters. The van der Waals surface area contributed by atoms with E-state index in [0.29, 0.717) is 30.2 Å². The van der Waals surface area contributed by atoms with Gasteiger partial charge in [0.1, 0.15) is 17.4 Å². The second kappa shape index (κ2) is 10.8. The van der Waals surface area contributed by atoms with Crippen LogP contribution in [0.3, 0.4) is 0 Å². The number of carbonyl (C=O) groups is 1. The summed E-state index contributed by atoms with van der Waals surface area (Å²) in [5.74, 6) is -0.253. The third-order valence-corrected chi connectivity index (χ3v) is 7.85. The first-order chi connectivity index (χ1) is 18.3. The zero-order valence-corrected chi connectivity index (χ0v) is 23.4. The number of sulfonamides is 1. The van der Waals surface area contributed by atoms with E-state index >= 15 is 0 Å². The number of aromatic amines is 1. The maximum atomic E-state index is 14.5. The smallest absolute Gasteiger partial charge is 0.269 e. The fourth-order valence-electron chi connectivity index (χ4n) is 4.86. The Labute approximate surface area is 227 Å². The molecule has 1 aliphatic heterocycles. The number of aromatic nitrogens is 2. The number of hydrogen-bond donors (Lipinski definition) is 2. The fraction of sp³-hybridized carbons (Fsp3) is 0.393. The molecule has 1 aromatic carbocycles. The molecule has 1 fully saturated rings. The SMILES string of the molecule is CC(C)COc1cc(F)cc(-c2ccc(C(=O)NS(=O)(=O)c3ccc[nH]c3=O)c(N3C[C@H](C)CC3(C)C)n2)c1. The van der Waals surface area contributed by atoms with Gasteiger partial charge in [0.15, 0.2) is 4.90 Å². The standard InChI is InChI=1S/C28H33FN4O5S/c1-17(2)16-38-21-12-19(11-20(29)13-21)23-9-8-22(25(31-23)33-15-18(3)14-28(33,4)5)26(34)32-39(36,37)24-7-6-10-30-27(24)35/h6-13,17-18H,14-16H2,1-5H3,(H,30,35)(H,32,34)/t18-/m1/s1. The number of anilines is 1. The number of hydrogen-bond acceptors (Lipinski definition) is 7. The van der Waals surface area contributed by atoms with Crippen LogP contribution < -0.4 is 19.9 Å². The van der Waals surface area contributed by atoms with Gasteiger partial charge in [-0.2, -0.15) is 0 Å². The average Bonchev–Trinajstić information content (AvgIpc) is 3.13. The molecule has 0 aliphatic carbocycles. The molecule has 0 spiro atoms. The zero-order valence-electron chi connectivity index (χ0n) is 22.6. The number of H-pyrrole nitrogens is 1. The van der Waals surface area contributed by atoms with Crippen LogP contribution in [0.15, 0.2) is 58.4 Å². The Balaban J connectivity index is 1.78. The Hall–Kier alpha value is -3.73. The van der Waals surface area contributed by atoms with Crippen molar-refractivity contribution < 1.29 is 22.3 Å². The predicted molar refractivity (Wildman–Crippen MR) is 147 cm³/mol. The first-order valence-electron chi connectivity index (χ1n) is 12.7. The molecule has 0 radical (unpaired) electrons. The highest BCUT2D eigenvalue weighted by atomic mass is 32.2. The Morgan fingerprint density at radius 3 is 2.64 bits per heavy atom. The molecule has 3 aromatic rings. The van der Waals surface area contributed by atoms with E-state index in [1.807, 2.05) is 37.3 Å². The summed E-state index contributed by atoms with van der Waals surface area (Å²) in [5, 5.41) is 0. The summed E-state index contributed by atoms with van der Waals surface area (Å²) in [6.45, 7) is 11.1. The van der Waals surface area contributed by atoms with Crippen LogP contribution in [-0.4, -0.2) is 43.0 Å². The molecule has 4 rings (SSSR count). The number of amides is 1. The van der Waals surface area contributed by atoms with Gasteiger partial charge in [-0.1, -0.05) is 20.8 Å². The lowest BCUT2D eigenvalue weighted by atomic mass is 9.97. The van der Waals surface area contributed by atoms with Crippen LogP contribution in [0, 0.1) is 17.7 Å². The predicted octanol–water partition coefficient (Wildman–Crippen LogP) is 4.35. The molecule has 208 valence electrons. The van der Waals surface area contributed by atoms with E-state index in [9.17, 15) is 22.4 Å². The van der Waals surface area contributed by atoms with Crippen molar-refractivity contribution in [2.75, 3.05) is 18.1 Å². The molecular weight excluding hydrogens is 523 g/mol. The minimum atomic E-state index is -4.46. The molecule has 1 atom stereocenters. The number of benzene rings is 1. The van der Waals surface area contributed by atoms with Gasteiger partial charge in [-0.25, -0.2) is 22.5 Å². The number of nitrogens with one attached hydrogen (secondary N) is 2. The highest BCUT2D eigenvalue weighted by Crippen LogP contribution is 2.38. The molecule has 3 heterocycles. The van der Waals surface area contributed by atoms with Gasteiger partial charge >= 0.3 is 0 Å². The van der Waals surface area contributed by atoms with Crippen molar-refractivity contribution in [1.29, 1.82) is 0 Å². The fourth-order valence-corrected chi connectivity index (χ4v) is 5.88. The maximum absolute atomic E-state index is 14.5. The monoisotopic (exact) mass is 556 g/mol. The van der Waals surface area contributed by atoms with Gasteiger partial charge in [0.25, 0.3) is 21.5 Å². The van der Waals surface area contributed by atoms with Gasteiger partial charge in [0.2, 0.25) is 0 Å². The number of halogens is 1. The number of rotatable bonds is 8. The summed E-state index contributed by atoms with van der Waals surface area (Å²) in [6, 6.07) is 9.79. The first kappa shape index (κ1) is 28.3. The van der Waals surface area contributed by atoms with E-state index in [4.69, 9.17) is 9.72 Å². The maximum Gasteiger partial charge on any atom is 0.269 e. The van der Waals surface area contributed by atoms with E-state index < -0.39 is 32.2 Å². The number of pyridine rings is 2. The highest BCUT2D eigenvalue weighted by Gasteiger charge is 2.39. The molecule has 9 nitrogen and oxygen atoms in total. The minimum absolute atomic E-state index is 0.0181. The van der Waals surface area contributed by atoms with Crippen molar-refractivity contribution in [2.24, 2.45) is 11.8 Å². The van der Waals surface area contributed by atoms with E-state index in [0.717, 1.165) is 12.5 Å². The van der Waals surface area contributed by atoms with Gasteiger partial charge in [-0.15, -0.1) is 0 Å². The van der Waals surface area contributed by atoms with E-state index in [1.165, 1.54) is 36.5 Å². The summed E-state index contributed by atoms with van der Waals surface area (Å²) in [6.07, 6.45) is 2.12. The quantitative estimate of drug-likeness (QED) is 0.423. The lowest BCUT2D eigenvalue weighted by Gasteiger charge is -2.34. The highest BCUT2D eigenvalue weighted by molar-refractivity contribution is 7.90. The largest absolute Gasteiger partial charge is 0.493 e. The molecule has 1 saturated heterocycles. The Kier molecular flexibility index (Phi) is 7.83. The van der Waals surface area contributed by atoms with Gasteiger partial charge in [0.05, 0.1) is 17.9 Å². The lowest BCUT2D eigenvalue weighted by Crippen LogP contribution is -2.41. The molecule has 2 N–H and O–H groups in total. The van der Waals surface area contributed by atoms with Gasteiger partial charge in [0, 0.05) is 29.9 Å². The van der Waals surface area contributed by atoms with Crippen molar-refractivity contribution >= 4 is 21.7 Å². The molecule has 2 aromatic heterocycles. The first-order valence-corrected chi connectivity index (χ1v) is 14.2. The third-order valence-electron chi connectivity index (χ3n) is 6.50. The second-order valence-corrected chi connectivity index (χ2v) is 12.6. The number of nitrogens with zero attached hydrogens (tertiary/aromatic N) is 2. The van der Waals surface area contributed by atoms with Crippen LogP contribution in [0.25, 0.3) is 11.3 Å². The Morgan fingerprint density at radius 1 is 1.26 bits per heavy atom. The van der Waals surface area contributed by atoms with Gasteiger partial charge in [-0.05, 0) is 68.5 Å². The number of ether oxygens (including phenoxy) is 1. The van der Waals surface area contributed by atoms with Crippen molar-refractivity contribution in [3.63, 3.8) is 0 Å². The zero-order chi connectivity index (χ0) is 28.5. The molecule has 39 heavy (non-hydrogen) atoms. The van der Waals surface area contributed by atoms with Crippen molar-refractivity contribution in [1.82, 2.24) is 14.7 Å². The average molecular weight is 557 g/mol. The lowest BCUT2D eigenvalue weighted by molar-refractivity contribution is 0.0981. The number of carbonyl (C=O) groups excluding carboxylic acids is 1. The van der Waals surface area contributed by atoms with Crippen molar-refractivity contribution in [2.45, 2.75) is 51.5 Å². The van der Waals surface area contributed by atoms with E-state index in [1.54, 1.807) is 6.07 Å². The van der Waals surface area contributed by atoms with Crippen LogP contribution in [0.2, 0.25) is 0 Å². The Bertz CT molecular complexity index is 1550. The molecule has 0 bridgehead atoms. The molecule has 0 saturated carbocycles. The normalized spacial score (nSPS) is 16.9. The summed E-state index contributed by atoms with van der Waals surface area (Å²) in [5.41, 5.74) is -0.362. The summed E-state index contributed by atoms with van der Waals surface area (Å²) >= 11 is 0. The van der Waals surface area contributed by atoms with Crippen LogP contribution in [0.1, 0.15) is 51.4 Å². The topological polar surface area (TPSA) is 121 Å². The van der Waals surface area contributed by atoms with Crippen LogP contribution in [0.4, 0.5) is 10.2 Å². The van der Waals surface area contributed by atoms with E-state index in [-0.39, 0.29) is 28.8 Å². The Morgan fingerprint density at radius 2 is 2.00 bits per heavy atom. The molecule has 1 amide bonds. The van der Waals surface area contributed by atoms with Crippen molar-refractivity contribution in [3.8, 4) is 17.0 Å². The van der Waals surface area contributed by atoms with Crippen LogP contribution in [-0.2, 0) is 10.0 Å². The summed E-state index contributed by atoms with van der Waals surface area (Å²) in [7, 11) is -4.46.